The van der Waals surface area contributed by atoms with E-state index in [1.54, 1.807) is 76.2 Å². The van der Waals surface area contributed by atoms with Crippen LogP contribution in [0.15, 0.2) is 58.7 Å². The highest BCUT2D eigenvalue weighted by atomic mass is 16.5. The molecule has 0 atom stereocenters. The summed E-state index contributed by atoms with van der Waals surface area (Å²) in [5.74, 6) is 0.470. The van der Waals surface area contributed by atoms with E-state index in [1.165, 1.54) is 12.4 Å². The fourth-order valence-electron chi connectivity index (χ4n) is 3.48. The van der Waals surface area contributed by atoms with E-state index >= 15 is 0 Å². The third kappa shape index (κ3) is 8.09. The van der Waals surface area contributed by atoms with Crippen LogP contribution in [0.1, 0.15) is 33.4 Å². The molecule has 0 spiro atoms. The largest absolute Gasteiger partial charge is 0.507 e. The molecule has 0 aliphatic carbocycles. The molecule has 3 aromatic rings. The lowest BCUT2D eigenvalue weighted by Crippen LogP contribution is -2.25. The number of hydrazone groups is 2. The molecule has 0 unspecified atom stereocenters. The SMILES string of the molecule is Cc1cc(C=NNC(=O)COc2ccc(OCC(=O)NN=Cc3cc(C)c(O)c(C)c3)cc2)cc(C)c1O. The van der Waals surface area contributed by atoms with Gasteiger partial charge >= 0.3 is 0 Å². The molecular formula is C28H30N4O6. The summed E-state index contributed by atoms with van der Waals surface area (Å²) in [6.45, 7) is 6.66. The zero-order chi connectivity index (χ0) is 27.7. The molecule has 0 radical (unpaired) electrons. The van der Waals surface area contributed by atoms with Crippen molar-refractivity contribution in [2.24, 2.45) is 10.2 Å². The summed E-state index contributed by atoms with van der Waals surface area (Å²) in [6, 6.07) is 13.5. The maximum atomic E-state index is 12.0. The number of carbonyl (C=O) groups excluding carboxylic acids is 2. The molecule has 0 aliphatic rings. The zero-order valence-electron chi connectivity index (χ0n) is 21.6. The van der Waals surface area contributed by atoms with E-state index in [-0.39, 0.29) is 24.7 Å². The second kappa shape index (κ2) is 12.9. The van der Waals surface area contributed by atoms with Gasteiger partial charge in [-0.15, -0.1) is 0 Å². The van der Waals surface area contributed by atoms with Crippen LogP contribution in [0.5, 0.6) is 23.0 Å². The lowest BCUT2D eigenvalue weighted by molar-refractivity contribution is -0.123. The van der Waals surface area contributed by atoms with Gasteiger partial charge in [0.25, 0.3) is 11.8 Å². The van der Waals surface area contributed by atoms with Gasteiger partial charge in [0.05, 0.1) is 12.4 Å². The normalized spacial score (nSPS) is 11.1. The van der Waals surface area contributed by atoms with Crippen LogP contribution in [0.4, 0.5) is 0 Å². The van der Waals surface area contributed by atoms with Crippen LogP contribution in [0.2, 0.25) is 0 Å². The number of phenols is 2. The maximum Gasteiger partial charge on any atom is 0.277 e. The van der Waals surface area contributed by atoms with Crippen molar-refractivity contribution < 1.29 is 29.3 Å². The van der Waals surface area contributed by atoms with Gasteiger partial charge in [-0.05, 0) is 110 Å². The number of aryl methyl sites for hydroxylation is 4. The van der Waals surface area contributed by atoms with Gasteiger partial charge in [-0.2, -0.15) is 10.2 Å². The summed E-state index contributed by atoms with van der Waals surface area (Å²) in [5, 5.41) is 27.4. The summed E-state index contributed by atoms with van der Waals surface area (Å²) in [6.07, 6.45) is 2.97. The van der Waals surface area contributed by atoms with E-state index in [1.807, 2.05) is 0 Å². The molecule has 10 heteroatoms. The van der Waals surface area contributed by atoms with E-state index in [9.17, 15) is 19.8 Å². The lowest BCUT2D eigenvalue weighted by atomic mass is 10.1. The molecule has 0 heterocycles. The molecule has 0 aromatic heterocycles. The summed E-state index contributed by atoms with van der Waals surface area (Å²) < 4.78 is 10.9. The Hall–Kier alpha value is -4.86. The number of carbonyl (C=O) groups is 2. The van der Waals surface area contributed by atoms with Crippen molar-refractivity contribution in [2.45, 2.75) is 27.7 Å². The molecule has 0 fully saturated rings. The Kier molecular flexibility index (Phi) is 9.42. The number of hydrogen-bond acceptors (Lipinski definition) is 8. The standard InChI is InChI=1S/C28H30N4O6/c1-17-9-21(10-18(2)27(17)35)13-29-31-25(33)15-37-23-5-7-24(8-6-23)38-16-26(34)32-30-14-22-11-19(3)28(36)20(4)12-22/h5-14,35-36H,15-16H2,1-4H3,(H,31,33)(H,32,34). The van der Waals surface area contributed by atoms with E-state index < -0.39 is 11.8 Å². The number of hydrogen-bond donors (Lipinski definition) is 4. The summed E-state index contributed by atoms with van der Waals surface area (Å²) >= 11 is 0. The quantitative estimate of drug-likeness (QED) is 0.239. The molecule has 0 saturated heterocycles. The first-order chi connectivity index (χ1) is 18.1. The fourth-order valence-corrected chi connectivity index (χ4v) is 3.48. The summed E-state index contributed by atoms with van der Waals surface area (Å²) in [4.78, 5) is 24.0. The number of amides is 2. The van der Waals surface area contributed by atoms with Gasteiger partial charge in [-0.3, -0.25) is 9.59 Å². The number of nitrogens with zero attached hydrogens (tertiary/aromatic N) is 2. The third-order valence-electron chi connectivity index (χ3n) is 5.40. The van der Waals surface area contributed by atoms with Gasteiger partial charge in [0.2, 0.25) is 0 Å². The fraction of sp³-hybridized carbons (Fsp3) is 0.214. The minimum absolute atomic E-state index is 0.237. The summed E-state index contributed by atoms with van der Waals surface area (Å²) in [5.41, 5.74) is 9.15. The third-order valence-corrected chi connectivity index (χ3v) is 5.40. The van der Waals surface area contributed by atoms with Crippen molar-refractivity contribution in [1.82, 2.24) is 10.9 Å². The molecule has 38 heavy (non-hydrogen) atoms. The van der Waals surface area contributed by atoms with Gasteiger partial charge in [-0.25, -0.2) is 10.9 Å². The van der Waals surface area contributed by atoms with E-state index in [2.05, 4.69) is 21.1 Å². The van der Waals surface area contributed by atoms with Crippen LogP contribution in [-0.4, -0.2) is 47.7 Å². The Balaban J connectivity index is 1.38. The van der Waals surface area contributed by atoms with Crippen molar-refractivity contribution in [1.29, 1.82) is 0 Å². The first kappa shape index (κ1) is 27.7. The van der Waals surface area contributed by atoms with Crippen LogP contribution in [0, 0.1) is 27.7 Å². The predicted molar refractivity (Wildman–Crippen MR) is 144 cm³/mol. The number of ether oxygens (including phenoxy) is 2. The highest BCUT2D eigenvalue weighted by molar-refractivity contribution is 5.84. The Morgan fingerprint density at radius 3 is 1.32 bits per heavy atom. The molecule has 2 amide bonds. The topological polar surface area (TPSA) is 142 Å². The molecule has 0 bridgehead atoms. The molecule has 3 aromatic carbocycles. The van der Waals surface area contributed by atoms with Crippen molar-refractivity contribution in [3.63, 3.8) is 0 Å². The van der Waals surface area contributed by atoms with Crippen molar-refractivity contribution in [2.75, 3.05) is 13.2 Å². The number of aromatic hydroxyl groups is 2. The van der Waals surface area contributed by atoms with Crippen LogP contribution in [0.25, 0.3) is 0 Å². The maximum absolute atomic E-state index is 12.0. The second-order valence-electron chi connectivity index (χ2n) is 8.64. The number of rotatable bonds is 10. The van der Waals surface area contributed by atoms with Gasteiger partial charge in [0.15, 0.2) is 13.2 Å². The first-order valence-corrected chi connectivity index (χ1v) is 11.7. The van der Waals surface area contributed by atoms with E-state index in [0.717, 1.165) is 33.4 Å². The Bertz CT molecular complexity index is 1220. The number of phenolic OH excluding ortho intramolecular Hbond substituents is 2. The number of benzene rings is 3. The average Bonchev–Trinajstić information content (AvgIpc) is 2.88. The van der Waals surface area contributed by atoms with Crippen LogP contribution in [-0.2, 0) is 9.59 Å². The van der Waals surface area contributed by atoms with Gasteiger partial charge < -0.3 is 19.7 Å². The van der Waals surface area contributed by atoms with Gasteiger partial charge in [0.1, 0.15) is 23.0 Å². The van der Waals surface area contributed by atoms with E-state index in [4.69, 9.17) is 9.47 Å². The molecule has 4 N–H and O–H groups in total. The lowest BCUT2D eigenvalue weighted by Gasteiger charge is -2.08. The zero-order valence-corrected chi connectivity index (χ0v) is 21.6. The first-order valence-electron chi connectivity index (χ1n) is 11.7. The Morgan fingerprint density at radius 2 is 1.00 bits per heavy atom. The van der Waals surface area contributed by atoms with Crippen LogP contribution >= 0.6 is 0 Å². The van der Waals surface area contributed by atoms with Crippen LogP contribution in [0.3, 0.4) is 0 Å². The smallest absolute Gasteiger partial charge is 0.277 e. The second-order valence-corrected chi connectivity index (χ2v) is 8.64. The minimum atomic E-state index is -0.441. The molecule has 3 rings (SSSR count). The molecule has 198 valence electrons. The van der Waals surface area contributed by atoms with Crippen molar-refractivity contribution >= 4 is 24.2 Å². The van der Waals surface area contributed by atoms with Crippen molar-refractivity contribution in [3.05, 3.63) is 81.9 Å². The highest BCUT2D eigenvalue weighted by Gasteiger charge is 2.06. The molecule has 0 saturated carbocycles. The number of nitrogens with one attached hydrogen (secondary N) is 2. The van der Waals surface area contributed by atoms with Gasteiger partial charge in [0, 0.05) is 0 Å². The van der Waals surface area contributed by atoms with E-state index in [0.29, 0.717) is 11.5 Å². The monoisotopic (exact) mass is 518 g/mol. The predicted octanol–water partition coefficient (Wildman–Crippen LogP) is 3.39. The van der Waals surface area contributed by atoms with Crippen LogP contribution < -0.4 is 20.3 Å². The Labute approximate surface area is 220 Å². The van der Waals surface area contributed by atoms with Gasteiger partial charge in [-0.1, -0.05) is 0 Å². The molecule has 0 aliphatic heterocycles. The average molecular weight is 519 g/mol. The highest BCUT2D eigenvalue weighted by Crippen LogP contribution is 2.23. The molecular weight excluding hydrogens is 488 g/mol. The van der Waals surface area contributed by atoms with Crippen molar-refractivity contribution in [3.8, 4) is 23.0 Å². The minimum Gasteiger partial charge on any atom is -0.507 e. The Morgan fingerprint density at radius 1 is 0.684 bits per heavy atom. The molecule has 10 nitrogen and oxygen atoms in total. The summed E-state index contributed by atoms with van der Waals surface area (Å²) in [7, 11) is 0.